The molecule has 1 fully saturated rings. The number of ether oxygens (including phenoxy) is 1. The summed E-state index contributed by atoms with van der Waals surface area (Å²) >= 11 is 0. The molecule has 2 N–H and O–H groups in total. The fourth-order valence-electron chi connectivity index (χ4n) is 3.73. The van der Waals surface area contributed by atoms with Crippen molar-refractivity contribution in [2.24, 2.45) is 0 Å². The molecule has 2 bridgehead atoms. The number of rotatable bonds is 4. The molecule has 0 saturated carbocycles. The van der Waals surface area contributed by atoms with Crippen LogP contribution in [0.25, 0.3) is 0 Å². The van der Waals surface area contributed by atoms with Gasteiger partial charge < -0.3 is 15.0 Å². The number of anilines is 3. The number of urea groups is 1. The van der Waals surface area contributed by atoms with Crippen LogP contribution in [0.4, 0.5) is 35.3 Å². The Kier molecular flexibility index (Phi) is 5.53. The Labute approximate surface area is 181 Å². The van der Waals surface area contributed by atoms with Crippen LogP contribution in [0.2, 0.25) is 0 Å². The Bertz CT molecular complexity index is 1050. The van der Waals surface area contributed by atoms with E-state index in [1.807, 2.05) is 10.2 Å². The van der Waals surface area contributed by atoms with Gasteiger partial charge >= 0.3 is 12.2 Å². The van der Waals surface area contributed by atoms with Crippen LogP contribution in [0.15, 0.2) is 30.5 Å². The molecule has 170 valence electrons. The standard InChI is InChI=1S/C20H21F3N6O3/c1-11(20(21,22)23)25-18(30)14-3-4-15-17(26-14)29(12-6-8-28(15)10-12)19(31)27-16-9-13(32-2)5-7-24-16/h3-5,7,9,11-12H,6,8,10H2,1-2H3,(H,25,30)(H,24,27,31)/t11?,12-/m0/s1. The number of pyridine rings is 2. The van der Waals surface area contributed by atoms with Crippen molar-refractivity contribution in [1.82, 2.24) is 15.3 Å². The van der Waals surface area contributed by atoms with Gasteiger partial charge in [-0.15, -0.1) is 0 Å². The molecule has 4 heterocycles. The van der Waals surface area contributed by atoms with E-state index in [1.165, 1.54) is 24.3 Å². The van der Waals surface area contributed by atoms with Gasteiger partial charge in [-0.25, -0.2) is 14.8 Å². The van der Waals surface area contributed by atoms with E-state index >= 15 is 0 Å². The first-order valence-corrected chi connectivity index (χ1v) is 9.91. The predicted molar refractivity (Wildman–Crippen MR) is 110 cm³/mol. The molecule has 2 aromatic rings. The summed E-state index contributed by atoms with van der Waals surface area (Å²) in [7, 11) is 1.49. The largest absolute Gasteiger partial charge is 0.497 e. The van der Waals surface area contributed by atoms with E-state index in [-0.39, 0.29) is 23.4 Å². The van der Waals surface area contributed by atoms with Gasteiger partial charge in [0.05, 0.1) is 18.8 Å². The molecule has 0 spiro atoms. The molecule has 2 aromatic heterocycles. The molecule has 1 unspecified atom stereocenters. The molecule has 0 aromatic carbocycles. The number of carbonyl (C=O) groups is 2. The first-order valence-electron chi connectivity index (χ1n) is 9.91. The van der Waals surface area contributed by atoms with E-state index in [1.54, 1.807) is 18.2 Å². The summed E-state index contributed by atoms with van der Waals surface area (Å²) in [5, 5.41) is 4.59. The second-order valence-electron chi connectivity index (χ2n) is 7.55. The summed E-state index contributed by atoms with van der Waals surface area (Å²) < 4.78 is 43.6. The molecule has 4 rings (SSSR count). The Balaban J connectivity index is 1.62. The molecule has 32 heavy (non-hydrogen) atoms. The van der Waals surface area contributed by atoms with Crippen LogP contribution >= 0.6 is 0 Å². The zero-order chi connectivity index (χ0) is 23.0. The number of alkyl halides is 3. The lowest BCUT2D eigenvalue weighted by atomic mass is 10.1. The molecule has 12 heteroatoms. The van der Waals surface area contributed by atoms with E-state index in [2.05, 4.69) is 15.3 Å². The molecule has 2 aliphatic rings. The van der Waals surface area contributed by atoms with Crippen molar-refractivity contribution in [2.75, 3.05) is 35.3 Å². The maximum atomic E-state index is 13.1. The number of amides is 3. The van der Waals surface area contributed by atoms with Crippen molar-refractivity contribution in [1.29, 1.82) is 0 Å². The third-order valence-corrected chi connectivity index (χ3v) is 5.44. The van der Waals surface area contributed by atoms with Crippen LogP contribution in [-0.2, 0) is 0 Å². The van der Waals surface area contributed by atoms with E-state index < -0.39 is 24.2 Å². The number of fused-ring (bicyclic) bond motifs is 4. The van der Waals surface area contributed by atoms with Crippen molar-refractivity contribution in [3.05, 3.63) is 36.2 Å². The minimum Gasteiger partial charge on any atom is -0.497 e. The second-order valence-corrected chi connectivity index (χ2v) is 7.55. The summed E-state index contributed by atoms with van der Waals surface area (Å²) in [6, 6.07) is 3.40. The van der Waals surface area contributed by atoms with Gasteiger partial charge in [0.2, 0.25) is 0 Å². The van der Waals surface area contributed by atoms with Crippen LogP contribution in [0, 0.1) is 0 Å². The fourth-order valence-corrected chi connectivity index (χ4v) is 3.73. The Morgan fingerprint density at radius 3 is 2.78 bits per heavy atom. The van der Waals surface area contributed by atoms with Gasteiger partial charge in [0, 0.05) is 25.4 Å². The van der Waals surface area contributed by atoms with E-state index in [0.717, 1.165) is 6.92 Å². The summed E-state index contributed by atoms with van der Waals surface area (Å²) in [6.07, 6.45) is -2.41. The number of halogens is 3. The highest BCUT2D eigenvalue weighted by Crippen LogP contribution is 2.39. The van der Waals surface area contributed by atoms with Gasteiger partial charge in [-0.05, 0) is 31.5 Å². The minimum absolute atomic E-state index is 0.201. The van der Waals surface area contributed by atoms with Crippen LogP contribution in [0.5, 0.6) is 5.75 Å². The number of aromatic nitrogens is 2. The van der Waals surface area contributed by atoms with Crippen molar-refractivity contribution in [3.8, 4) is 5.75 Å². The Hall–Kier alpha value is -3.57. The average molecular weight is 450 g/mol. The van der Waals surface area contributed by atoms with Gasteiger partial charge in [-0.1, -0.05) is 0 Å². The van der Waals surface area contributed by atoms with Crippen LogP contribution in [0.1, 0.15) is 23.8 Å². The number of hydrogen-bond donors (Lipinski definition) is 2. The highest BCUT2D eigenvalue weighted by molar-refractivity contribution is 6.05. The van der Waals surface area contributed by atoms with E-state index in [0.29, 0.717) is 30.9 Å². The van der Waals surface area contributed by atoms with Gasteiger partial charge in [0.15, 0.2) is 5.82 Å². The molecule has 2 aliphatic heterocycles. The van der Waals surface area contributed by atoms with Crippen molar-refractivity contribution >= 4 is 29.3 Å². The number of hydrogen-bond acceptors (Lipinski definition) is 6. The Morgan fingerprint density at radius 2 is 2.06 bits per heavy atom. The van der Waals surface area contributed by atoms with Gasteiger partial charge in [-0.3, -0.25) is 15.0 Å². The minimum atomic E-state index is -4.58. The zero-order valence-electron chi connectivity index (χ0n) is 17.3. The normalized spacial score (nSPS) is 18.1. The van der Waals surface area contributed by atoms with Gasteiger partial charge in [0.1, 0.15) is 23.3 Å². The van der Waals surface area contributed by atoms with Crippen LogP contribution in [0.3, 0.4) is 0 Å². The number of carbonyl (C=O) groups excluding carboxylic acids is 2. The third-order valence-electron chi connectivity index (χ3n) is 5.44. The monoisotopic (exact) mass is 450 g/mol. The van der Waals surface area contributed by atoms with Gasteiger partial charge in [-0.2, -0.15) is 13.2 Å². The number of methoxy groups -OCH3 is 1. The SMILES string of the molecule is COc1ccnc(NC(=O)N2c3nc(C(=O)NC(C)C(F)(F)F)ccc3N3CC[C@H]2C3)c1. The molecular formula is C20H21F3N6O3. The average Bonchev–Trinajstić information content (AvgIpc) is 3.17. The quantitative estimate of drug-likeness (QED) is 0.743. The summed E-state index contributed by atoms with van der Waals surface area (Å²) in [4.78, 5) is 37.3. The smallest absolute Gasteiger partial charge is 0.408 e. The van der Waals surface area contributed by atoms with E-state index in [9.17, 15) is 22.8 Å². The molecule has 2 atom stereocenters. The molecule has 0 radical (unpaired) electrons. The Morgan fingerprint density at radius 1 is 1.28 bits per heavy atom. The van der Waals surface area contributed by atoms with Crippen molar-refractivity contribution in [3.63, 3.8) is 0 Å². The lowest BCUT2D eigenvalue weighted by molar-refractivity contribution is -0.149. The lowest BCUT2D eigenvalue weighted by Gasteiger charge is -2.35. The maximum Gasteiger partial charge on any atom is 0.408 e. The topological polar surface area (TPSA) is 99.7 Å². The highest BCUT2D eigenvalue weighted by atomic mass is 19.4. The molecule has 0 aliphatic carbocycles. The maximum absolute atomic E-state index is 13.1. The first kappa shape index (κ1) is 21.7. The molecular weight excluding hydrogens is 429 g/mol. The lowest BCUT2D eigenvalue weighted by Crippen LogP contribution is -2.49. The molecule has 3 amide bonds. The summed E-state index contributed by atoms with van der Waals surface area (Å²) in [5.74, 6) is 0.0216. The fraction of sp³-hybridized carbons (Fsp3) is 0.400. The van der Waals surface area contributed by atoms with Gasteiger partial charge in [0.25, 0.3) is 5.91 Å². The van der Waals surface area contributed by atoms with Crippen LogP contribution in [-0.4, -0.2) is 60.4 Å². The summed E-state index contributed by atoms with van der Waals surface area (Å²) in [5.41, 5.74) is 0.424. The first-order chi connectivity index (χ1) is 15.2. The van der Waals surface area contributed by atoms with Crippen LogP contribution < -0.4 is 25.2 Å². The molecule has 9 nitrogen and oxygen atoms in total. The number of nitrogens with zero attached hydrogens (tertiary/aromatic N) is 4. The van der Waals surface area contributed by atoms with Crippen molar-refractivity contribution < 1.29 is 27.5 Å². The highest BCUT2D eigenvalue weighted by Gasteiger charge is 2.41. The van der Waals surface area contributed by atoms with E-state index in [4.69, 9.17) is 4.74 Å². The summed E-state index contributed by atoms with van der Waals surface area (Å²) in [6.45, 7) is 2.13. The second kappa shape index (κ2) is 8.17. The number of nitrogens with one attached hydrogen (secondary N) is 2. The predicted octanol–water partition coefficient (Wildman–Crippen LogP) is 2.80. The zero-order valence-corrected chi connectivity index (χ0v) is 17.3. The van der Waals surface area contributed by atoms with Crippen molar-refractivity contribution in [2.45, 2.75) is 31.6 Å². The molecule has 1 saturated heterocycles. The third kappa shape index (κ3) is 4.12.